The van der Waals surface area contributed by atoms with Crippen molar-refractivity contribution in [1.82, 2.24) is 15.0 Å². The zero-order chi connectivity index (χ0) is 43.6. The number of pyridine rings is 1. The van der Waals surface area contributed by atoms with Crippen molar-refractivity contribution in [2.45, 2.75) is 5.41 Å². The number of ether oxygens (including phenoxy) is 1. The van der Waals surface area contributed by atoms with Gasteiger partial charge in [0, 0.05) is 45.0 Å². The van der Waals surface area contributed by atoms with E-state index < -0.39 is 5.41 Å². The fraction of sp³-hybridized carbons (Fsp3) is 0.0161. The highest BCUT2D eigenvalue weighted by Crippen LogP contribution is 2.62. The van der Waals surface area contributed by atoms with Crippen molar-refractivity contribution in [2.75, 3.05) is 0 Å². The van der Waals surface area contributed by atoms with E-state index in [1.54, 1.807) is 0 Å². The number of aromatic nitrogens is 3. The number of rotatable bonds is 6. The second-order valence-electron chi connectivity index (χ2n) is 17.1. The minimum Gasteiger partial charge on any atom is -0.457 e. The van der Waals surface area contributed by atoms with E-state index in [1.807, 2.05) is 48.7 Å². The molecule has 0 atom stereocenters. The van der Waals surface area contributed by atoms with Crippen LogP contribution in [-0.2, 0) is 5.41 Å². The Morgan fingerprint density at radius 3 is 1.52 bits per heavy atom. The molecule has 0 saturated carbocycles. The Morgan fingerprint density at radius 1 is 0.318 bits per heavy atom. The molecule has 0 unspecified atom stereocenters. The van der Waals surface area contributed by atoms with Gasteiger partial charge in [-0.25, -0.2) is 9.97 Å². The third-order valence-corrected chi connectivity index (χ3v) is 13.4. The molecule has 4 nitrogen and oxygen atoms in total. The molecule has 1 spiro atoms. The van der Waals surface area contributed by atoms with Crippen LogP contribution in [0, 0.1) is 0 Å². The SMILES string of the molecule is c1ccc(-c2cc(-c3cccc(-c4ccc(-c5ccc6c(c5)Oc5cc(-c7cccc8cccnc78)ccc5C65c6ccccc6-c6ccccc65)cc4)c3)nc(-c3ccccc3)n2)cc1. The van der Waals surface area contributed by atoms with Gasteiger partial charge in [-0.05, 0) is 80.4 Å². The monoisotopic (exact) mass is 841 g/mol. The average Bonchev–Trinajstić information content (AvgIpc) is 3.69. The average molecular weight is 842 g/mol. The van der Waals surface area contributed by atoms with Crippen LogP contribution in [-0.4, -0.2) is 15.0 Å². The van der Waals surface area contributed by atoms with E-state index in [1.165, 1.54) is 22.3 Å². The lowest BCUT2D eigenvalue weighted by atomic mass is 9.65. The summed E-state index contributed by atoms with van der Waals surface area (Å²) in [4.78, 5) is 14.9. The van der Waals surface area contributed by atoms with Gasteiger partial charge >= 0.3 is 0 Å². The highest BCUT2D eigenvalue weighted by atomic mass is 16.5. The molecule has 13 rings (SSSR count). The van der Waals surface area contributed by atoms with Crippen molar-refractivity contribution in [2.24, 2.45) is 0 Å². The minimum absolute atomic E-state index is 0.563. The van der Waals surface area contributed by atoms with Crippen LogP contribution < -0.4 is 4.74 Å². The zero-order valence-corrected chi connectivity index (χ0v) is 35.8. The summed E-state index contributed by atoms with van der Waals surface area (Å²) in [5.74, 6) is 2.41. The molecule has 0 bridgehead atoms. The summed E-state index contributed by atoms with van der Waals surface area (Å²) in [5.41, 5.74) is 19.2. The van der Waals surface area contributed by atoms with Crippen molar-refractivity contribution in [3.8, 4) is 89.9 Å². The van der Waals surface area contributed by atoms with Crippen LogP contribution in [0.15, 0.2) is 237 Å². The lowest BCUT2D eigenvalue weighted by Gasteiger charge is -2.39. The highest BCUT2D eigenvalue weighted by Gasteiger charge is 2.51. The maximum absolute atomic E-state index is 7.12. The predicted molar refractivity (Wildman–Crippen MR) is 267 cm³/mol. The van der Waals surface area contributed by atoms with Crippen LogP contribution in [0.5, 0.6) is 11.5 Å². The Bertz CT molecular complexity index is 3570. The van der Waals surface area contributed by atoms with Gasteiger partial charge in [-0.2, -0.15) is 0 Å². The quantitative estimate of drug-likeness (QED) is 0.167. The highest BCUT2D eigenvalue weighted by molar-refractivity contribution is 5.95. The molecule has 0 radical (unpaired) electrons. The van der Waals surface area contributed by atoms with Gasteiger partial charge in [0.05, 0.1) is 22.3 Å². The Hall–Kier alpha value is -8.73. The molecule has 66 heavy (non-hydrogen) atoms. The van der Waals surface area contributed by atoms with Crippen LogP contribution in [0.1, 0.15) is 22.3 Å². The van der Waals surface area contributed by atoms with Crippen molar-refractivity contribution in [3.63, 3.8) is 0 Å². The first kappa shape index (κ1) is 37.8. The topological polar surface area (TPSA) is 47.9 Å². The number of hydrogen-bond donors (Lipinski definition) is 0. The van der Waals surface area contributed by atoms with Gasteiger partial charge in [0.2, 0.25) is 0 Å². The van der Waals surface area contributed by atoms with E-state index in [2.05, 4.69) is 188 Å². The first-order valence-corrected chi connectivity index (χ1v) is 22.4. The third kappa shape index (κ3) is 6.03. The van der Waals surface area contributed by atoms with Gasteiger partial charge in [-0.15, -0.1) is 0 Å². The molecule has 2 aromatic heterocycles. The number of fused-ring (bicyclic) bond motifs is 10. The summed E-state index contributed by atoms with van der Waals surface area (Å²) in [7, 11) is 0. The lowest BCUT2D eigenvalue weighted by molar-refractivity contribution is 0.437. The smallest absolute Gasteiger partial charge is 0.160 e. The second-order valence-corrected chi connectivity index (χ2v) is 17.1. The van der Waals surface area contributed by atoms with Gasteiger partial charge in [-0.1, -0.05) is 200 Å². The van der Waals surface area contributed by atoms with Crippen LogP contribution in [0.3, 0.4) is 0 Å². The molecule has 2 aliphatic rings. The fourth-order valence-corrected chi connectivity index (χ4v) is 10.4. The molecule has 0 fully saturated rings. The van der Waals surface area contributed by atoms with Crippen molar-refractivity contribution >= 4 is 10.9 Å². The molecule has 0 saturated heterocycles. The molecular formula is C62H39N3O. The Kier molecular flexibility index (Phi) is 8.72. The summed E-state index contributed by atoms with van der Waals surface area (Å²) < 4.78 is 7.12. The van der Waals surface area contributed by atoms with Crippen LogP contribution in [0.25, 0.3) is 89.3 Å². The molecule has 9 aromatic carbocycles. The fourth-order valence-electron chi connectivity index (χ4n) is 10.4. The van der Waals surface area contributed by atoms with E-state index in [-0.39, 0.29) is 0 Å². The standard InChI is InChI=1S/C62H39N3O/c1-3-14-42(15-4-1)56-39-57(65-61(64-56)44-16-5-2-6-17-44)48-20-11-19-45(36-48)40-27-29-41(30-28-40)46-31-33-54-58(37-46)66-59-38-47(49-24-12-18-43-21-13-35-63-60(43)49)32-34-55(59)62(54)52-25-9-7-22-50(52)51-23-8-10-26-53(51)62/h1-39H. The van der Waals surface area contributed by atoms with Gasteiger partial charge < -0.3 is 4.74 Å². The molecule has 3 heterocycles. The molecule has 0 amide bonds. The van der Waals surface area contributed by atoms with E-state index in [9.17, 15) is 0 Å². The van der Waals surface area contributed by atoms with Crippen molar-refractivity contribution in [3.05, 3.63) is 259 Å². The molecule has 1 aliphatic carbocycles. The van der Waals surface area contributed by atoms with Crippen molar-refractivity contribution < 1.29 is 4.74 Å². The minimum atomic E-state index is -0.563. The summed E-state index contributed by atoms with van der Waals surface area (Å²) >= 11 is 0. The summed E-state index contributed by atoms with van der Waals surface area (Å²) in [6, 6.07) is 81.9. The largest absolute Gasteiger partial charge is 0.457 e. The Morgan fingerprint density at radius 2 is 0.818 bits per heavy atom. The molecule has 308 valence electrons. The molecular weight excluding hydrogens is 803 g/mol. The van der Waals surface area contributed by atoms with E-state index in [0.717, 1.165) is 95.0 Å². The van der Waals surface area contributed by atoms with Gasteiger partial charge in [0.1, 0.15) is 11.5 Å². The molecule has 1 aliphatic heterocycles. The third-order valence-electron chi connectivity index (χ3n) is 13.4. The number of hydrogen-bond acceptors (Lipinski definition) is 4. The van der Waals surface area contributed by atoms with E-state index in [4.69, 9.17) is 19.7 Å². The van der Waals surface area contributed by atoms with Gasteiger partial charge in [0.25, 0.3) is 0 Å². The van der Waals surface area contributed by atoms with Gasteiger partial charge in [-0.3, -0.25) is 4.98 Å². The predicted octanol–water partition coefficient (Wildman–Crippen LogP) is 15.5. The van der Waals surface area contributed by atoms with Crippen LogP contribution in [0.2, 0.25) is 0 Å². The van der Waals surface area contributed by atoms with Crippen molar-refractivity contribution in [1.29, 1.82) is 0 Å². The molecule has 4 heteroatoms. The van der Waals surface area contributed by atoms with E-state index in [0.29, 0.717) is 5.82 Å². The number of nitrogens with zero attached hydrogens (tertiary/aromatic N) is 3. The lowest BCUT2D eigenvalue weighted by Crippen LogP contribution is -2.32. The number of para-hydroxylation sites is 1. The molecule has 11 aromatic rings. The van der Waals surface area contributed by atoms with Gasteiger partial charge in [0.15, 0.2) is 5.82 Å². The first-order valence-electron chi connectivity index (χ1n) is 22.4. The summed E-state index contributed by atoms with van der Waals surface area (Å²) in [5, 5.41) is 1.11. The number of benzene rings is 9. The van der Waals surface area contributed by atoms with Crippen LogP contribution >= 0.6 is 0 Å². The Balaban J connectivity index is 0.894. The van der Waals surface area contributed by atoms with Crippen LogP contribution in [0.4, 0.5) is 0 Å². The maximum Gasteiger partial charge on any atom is 0.160 e. The maximum atomic E-state index is 7.12. The van der Waals surface area contributed by atoms with E-state index >= 15 is 0 Å². The second kappa shape index (κ2) is 15.2. The Labute approximate surface area is 383 Å². The zero-order valence-electron chi connectivity index (χ0n) is 35.8. The summed E-state index contributed by atoms with van der Waals surface area (Å²) in [6.07, 6.45) is 1.87. The molecule has 0 N–H and O–H groups in total. The first-order chi connectivity index (χ1) is 32.7. The normalized spacial score (nSPS) is 12.8. The summed E-state index contributed by atoms with van der Waals surface area (Å²) in [6.45, 7) is 0.